The highest BCUT2D eigenvalue weighted by molar-refractivity contribution is 6.11. The molecule has 2 fully saturated rings. The van der Waals surface area contributed by atoms with Crippen LogP contribution in [-0.2, 0) is 26.2 Å². The molecular formula is C22H28N2O3. The van der Waals surface area contributed by atoms with Gasteiger partial charge in [-0.15, -0.1) is 0 Å². The standard InChI is InChI=1S/C22H28N2O3/c25-18(10-14-23-12-4-1-5-13-23)16-24-20(26)15-22(21(24)27)11-6-8-17-7-2-3-9-19(17)22/h2-3,7,9H,1,4-6,8,10-16H2. The topological polar surface area (TPSA) is 57.7 Å². The smallest absolute Gasteiger partial charge is 0.240 e. The molecule has 2 amide bonds. The van der Waals surface area contributed by atoms with Gasteiger partial charge in [0.25, 0.3) is 0 Å². The van der Waals surface area contributed by atoms with E-state index in [0.717, 1.165) is 38.0 Å². The Kier molecular flexibility index (Phi) is 5.13. The largest absolute Gasteiger partial charge is 0.303 e. The first-order chi connectivity index (χ1) is 13.1. The first-order valence-electron chi connectivity index (χ1n) is 10.3. The third-order valence-electron chi connectivity index (χ3n) is 6.48. The molecule has 2 aliphatic heterocycles. The van der Waals surface area contributed by atoms with Gasteiger partial charge in [0.1, 0.15) is 0 Å². The molecule has 0 bridgehead atoms. The van der Waals surface area contributed by atoms with E-state index in [1.54, 1.807) is 0 Å². The van der Waals surface area contributed by atoms with Crippen molar-refractivity contribution in [2.75, 3.05) is 26.2 Å². The fraction of sp³-hybridized carbons (Fsp3) is 0.591. The highest BCUT2D eigenvalue weighted by Gasteiger charge is 2.54. The quantitative estimate of drug-likeness (QED) is 0.749. The second kappa shape index (κ2) is 7.55. The molecule has 5 heteroatoms. The Morgan fingerprint density at radius 2 is 1.81 bits per heavy atom. The minimum atomic E-state index is -0.737. The van der Waals surface area contributed by atoms with Gasteiger partial charge in [0.2, 0.25) is 11.8 Å². The lowest BCUT2D eigenvalue weighted by molar-refractivity contribution is -0.143. The number of benzene rings is 1. The maximum atomic E-state index is 13.2. The number of nitrogens with zero attached hydrogens (tertiary/aromatic N) is 2. The molecule has 1 spiro atoms. The second-order valence-electron chi connectivity index (χ2n) is 8.25. The highest BCUT2D eigenvalue weighted by atomic mass is 16.2. The Labute approximate surface area is 160 Å². The second-order valence-corrected chi connectivity index (χ2v) is 8.25. The first-order valence-corrected chi connectivity index (χ1v) is 10.3. The summed E-state index contributed by atoms with van der Waals surface area (Å²) >= 11 is 0. The van der Waals surface area contributed by atoms with E-state index >= 15 is 0 Å². The van der Waals surface area contributed by atoms with Gasteiger partial charge in [-0.3, -0.25) is 19.3 Å². The average Bonchev–Trinajstić information content (AvgIpc) is 2.92. The van der Waals surface area contributed by atoms with Crippen LogP contribution in [0, 0.1) is 0 Å². The van der Waals surface area contributed by atoms with E-state index in [0.29, 0.717) is 12.8 Å². The van der Waals surface area contributed by atoms with Gasteiger partial charge in [-0.05, 0) is 56.3 Å². The molecule has 2 saturated heterocycles. The monoisotopic (exact) mass is 368 g/mol. The Bertz CT molecular complexity index is 754. The van der Waals surface area contributed by atoms with Crippen LogP contribution < -0.4 is 0 Å². The van der Waals surface area contributed by atoms with Gasteiger partial charge in [-0.2, -0.15) is 0 Å². The summed E-state index contributed by atoms with van der Waals surface area (Å²) in [6, 6.07) is 7.97. The maximum Gasteiger partial charge on any atom is 0.240 e. The summed E-state index contributed by atoms with van der Waals surface area (Å²) in [6.45, 7) is 2.78. The number of fused-ring (bicyclic) bond motifs is 2. The lowest BCUT2D eigenvalue weighted by atomic mass is 9.69. The van der Waals surface area contributed by atoms with E-state index in [1.165, 1.54) is 29.7 Å². The molecule has 27 heavy (non-hydrogen) atoms. The van der Waals surface area contributed by atoms with Gasteiger partial charge in [0.05, 0.1) is 12.0 Å². The summed E-state index contributed by atoms with van der Waals surface area (Å²) in [5, 5.41) is 0. The van der Waals surface area contributed by atoms with E-state index < -0.39 is 5.41 Å². The fourth-order valence-corrected chi connectivity index (χ4v) is 5.01. The van der Waals surface area contributed by atoms with Crippen LogP contribution in [0.5, 0.6) is 0 Å². The number of hydrogen-bond acceptors (Lipinski definition) is 4. The van der Waals surface area contributed by atoms with Gasteiger partial charge in [-0.25, -0.2) is 0 Å². The zero-order chi connectivity index (χ0) is 18.9. The number of amides is 2. The van der Waals surface area contributed by atoms with Crippen LogP contribution in [-0.4, -0.2) is 53.6 Å². The fourth-order valence-electron chi connectivity index (χ4n) is 5.01. The van der Waals surface area contributed by atoms with Crippen molar-refractivity contribution in [3.8, 4) is 0 Å². The van der Waals surface area contributed by atoms with Crippen LogP contribution in [0.15, 0.2) is 24.3 Å². The van der Waals surface area contributed by atoms with Crippen molar-refractivity contribution in [3.05, 3.63) is 35.4 Å². The van der Waals surface area contributed by atoms with Gasteiger partial charge >= 0.3 is 0 Å². The highest BCUT2D eigenvalue weighted by Crippen LogP contribution is 2.45. The van der Waals surface area contributed by atoms with Crippen molar-refractivity contribution < 1.29 is 14.4 Å². The molecule has 0 aromatic heterocycles. The molecule has 2 heterocycles. The predicted molar refractivity (Wildman–Crippen MR) is 102 cm³/mol. The van der Waals surface area contributed by atoms with Crippen molar-refractivity contribution in [2.24, 2.45) is 0 Å². The summed E-state index contributed by atoms with van der Waals surface area (Å²) in [5.74, 6) is -0.364. The lowest BCUT2D eigenvalue weighted by Gasteiger charge is -2.33. The molecule has 1 aromatic rings. The number of likely N-dealkylation sites (tertiary alicyclic amines) is 2. The van der Waals surface area contributed by atoms with Gasteiger partial charge < -0.3 is 4.90 Å². The molecule has 1 aliphatic carbocycles. The van der Waals surface area contributed by atoms with Gasteiger partial charge in [-0.1, -0.05) is 30.7 Å². The van der Waals surface area contributed by atoms with Crippen molar-refractivity contribution >= 4 is 17.6 Å². The normalized spacial score (nSPS) is 25.9. The van der Waals surface area contributed by atoms with Gasteiger partial charge in [0, 0.05) is 19.4 Å². The molecule has 1 aromatic carbocycles. The Hall–Kier alpha value is -2.01. The number of imide groups is 1. The molecule has 0 radical (unpaired) electrons. The van der Waals surface area contributed by atoms with Crippen molar-refractivity contribution in [2.45, 2.75) is 56.8 Å². The molecule has 1 unspecified atom stereocenters. The SMILES string of the molecule is O=C(CCN1CCCCC1)CN1C(=O)CC2(CCCc3ccccc32)C1=O. The van der Waals surface area contributed by atoms with Crippen molar-refractivity contribution in [3.63, 3.8) is 0 Å². The Morgan fingerprint density at radius 3 is 2.63 bits per heavy atom. The zero-order valence-electron chi connectivity index (χ0n) is 15.9. The zero-order valence-corrected chi connectivity index (χ0v) is 15.9. The molecule has 0 saturated carbocycles. The third kappa shape index (κ3) is 3.45. The number of Topliss-reactive ketones (excluding diaryl/α,β-unsaturated/α-hetero) is 1. The molecule has 3 aliphatic rings. The van der Waals surface area contributed by atoms with E-state index in [4.69, 9.17) is 0 Å². The molecular weight excluding hydrogens is 340 g/mol. The number of aryl methyl sites for hydroxylation is 1. The van der Waals surface area contributed by atoms with E-state index in [9.17, 15) is 14.4 Å². The molecule has 5 nitrogen and oxygen atoms in total. The molecule has 1 atom stereocenters. The van der Waals surface area contributed by atoms with E-state index in [2.05, 4.69) is 11.0 Å². The van der Waals surface area contributed by atoms with Crippen LogP contribution in [0.2, 0.25) is 0 Å². The van der Waals surface area contributed by atoms with Crippen LogP contribution in [0.1, 0.15) is 56.1 Å². The number of rotatable bonds is 5. The summed E-state index contributed by atoms with van der Waals surface area (Å²) in [7, 11) is 0. The van der Waals surface area contributed by atoms with Crippen molar-refractivity contribution in [1.29, 1.82) is 0 Å². The Morgan fingerprint density at radius 1 is 1.04 bits per heavy atom. The summed E-state index contributed by atoms with van der Waals surface area (Å²) in [5.41, 5.74) is 1.43. The average molecular weight is 368 g/mol. The van der Waals surface area contributed by atoms with Crippen LogP contribution in [0.25, 0.3) is 0 Å². The number of carbonyl (C=O) groups is 3. The Balaban J connectivity index is 1.44. The molecule has 0 N–H and O–H groups in total. The number of carbonyl (C=O) groups excluding carboxylic acids is 3. The van der Waals surface area contributed by atoms with Gasteiger partial charge in [0.15, 0.2) is 5.78 Å². The maximum absolute atomic E-state index is 13.2. The minimum Gasteiger partial charge on any atom is -0.303 e. The van der Waals surface area contributed by atoms with Crippen LogP contribution in [0.4, 0.5) is 0 Å². The summed E-state index contributed by atoms with van der Waals surface area (Å²) in [4.78, 5) is 41.9. The minimum absolute atomic E-state index is 0.0107. The summed E-state index contributed by atoms with van der Waals surface area (Å²) in [6.07, 6.45) is 6.85. The van der Waals surface area contributed by atoms with E-state index in [1.807, 2.05) is 18.2 Å². The van der Waals surface area contributed by atoms with Crippen molar-refractivity contribution in [1.82, 2.24) is 9.80 Å². The summed E-state index contributed by atoms with van der Waals surface area (Å²) < 4.78 is 0. The predicted octanol–water partition coefficient (Wildman–Crippen LogP) is 2.46. The molecule has 4 rings (SSSR count). The molecule has 144 valence electrons. The third-order valence-corrected chi connectivity index (χ3v) is 6.48. The number of hydrogen-bond donors (Lipinski definition) is 0. The van der Waals surface area contributed by atoms with Crippen LogP contribution in [0.3, 0.4) is 0 Å². The number of piperidine rings is 1. The number of ketones is 1. The lowest BCUT2D eigenvalue weighted by Crippen LogP contribution is -2.43. The first kappa shape index (κ1) is 18.4. The van der Waals surface area contributed by atoms with E-state index in [-0.39, 0.29) is 30.6 Å². The van der Waals surface area contributed by atoms with Crippen LogP contribution >= 0.6 is 0 Å².